The summed E-state index contributed by atoms with van der Waals surface area (Å²) in [4.78, 5) is 0. The first-order valence-corrected chi connectivity index (χ1v) is 4.93. The third-order valence-electron chi connectivity index (χ3n) is 3.20. The number of hydrogen-bond donors (Lipinski definition) is 1. The Hall–Kier alpha value is -1.00. The van der Waals surface area contributed by atoms with Gasteiger partial charge in [-0.3, -0.25) is 0 Å². The van der Waals surface area contributed by atoms with Crippen LogP contribution in [0.3, 0.4) is 0 Å². The summed E-state index contributed by atoms with van der Waals surface area (Å²) in [6.45, 7) is 7.98. The van der Waals surface area contributed by atoms with Gasteiger partial charge in [0, 0.05) is 11.3 Å². The molecule has 1 rings (SSSR count). The molecule has 0 amide bonds. The fourth-order valence-corrected chi connectivity index (χ4v) is 2.08. The van der Waals surface area contributed by atoms with Crippen molar-refractivity contribution < 1.29 is 5.11 Å². The van der Waals surface area contributed by atoms with Crippen LogP contribution in [0.1, 0.15) is 27.7 Å². The Balaban J connectivity index is 3.13. The van der Waals surface area contributed by atoms with Gasteiger partial charge in [-0.1, -0.05) is 31.6 Å². The first-order chi connectivity index (χ1) is 6.41. The van der Waals surface area contributed by atoms with Gasteiger partial charge in [0.1, 0.15) is 0 Å². The number of rotatable bonds is 1. The monoisotopic (exact) mass is 190 g/mol. The molecule has 0 saturated carbocycles. The molecule has 76 valence electrons. The number of aliphatic hydroxyl groups excluding tert-OH is 1. The minimum atomic E-state index is -0.461. The van der Waals surface area contributed by atoms with E-state index in [0.29, 0.717) is 0 Å². The van der Waals surface area contributed by atoms with E-state index in [2.05, 4.69) is 12.0 Å². The third kappa shape index (κ3) is 1.63. The molecular formula is C13H18O. The molecule has 1 nitrogen and oxygen atoms in total. The summed E-state index contributed by atoms with van der Waals surface area (Å²) in [5.41, 5.74) is 1.85. The molecule has 1 unspecified atom stereocenters. The van der Waals surface area contributed by atoms with Gasteiger partial charge in [0.2, 0.25) is 0 Å². The van der Waals surface area contributed by atoms with Crippen molar-refractivity contribution in [2.45, 2.75) is 33.8 Å². The van der Waals surface area contributed by atoms with Crippen LogP contribution in [0.25, 0.3) is 0 Å². The molecule has 1 aliphatic carbocycles. The summed E-state index contributed by atoms with van der Waals surface area (Å²) >= 11 is 0. The van der Waals surface area contributed by atoms with Crippen LogP contribution in [0, 0.1) is 23.7 Å². The average molecular weight is 190 g/mol. The molecule has 1 heteroatoms. The van der Waals surface area contributed by atoms with E-state index in [-0.39, 0.29) is 11.3 Å². The van der Waals surface area contributed by atoms with E-state index in [9.17, 15) is 5.11 Å². The van der Waals surface area contributed by atoms with Crippen LogP contribution < -0.4 is 0 Å². The summed E-state index contributed by atoms with van der Waals surface area (Å²) < 4.78 is 0. The summed E-state index contributed by atoms with van der Waals surface area (Å²) in [7, 11) is 0. The largest absolute Gasteiger partial charge is 0.388 e. The maximum absolute atomic E-state index is 10.1. The van der Waals surface area contributed by atoms with Gasteiger partial charge in [0.05, 0.1) is 6.10 Å². The van der Waals surface area contributed by atoms with Gasteiger partial charge in [-0.05, 0) is 19.4 Å². The van der Waals surface area contributed by atoms with E-state index in [4.69, 9.17) is 6.42 Å². The van der Waals surface area contributed by atoms with Gasteiger partial charge in [-0.2, -0.15) is 0 Å². The molecule has 0 radical (unpaired) electrons. The maximum atomic E-state index is 10.1. The van der Waals surface area contributed by atoms with Crippen LogP contribution in [0.4, 0.5) is 0 Å². The Morgan fingerprint density at radius 1 is 1.57 bits per heavy atom. The van der Waals surface area contributed by atoms with E-state index in [1.54, 1.807) is 0 Å². The second-order valence-electron chi connectivity index (χ2n) is 4.43. The maximum Gasteiger partial charge on any atom is 0.0850 e. The smallest absolute Gasteiger partial charge is 0.0850 e. The Morgan fingerprint density at radius 3 is 2.64 bits per heavy atom. The predicted molar refractivity (Wildman–Crippen MR) is 59.6 cm³/mol. The van der Waals surface area contributed by atoms with Crippen molar-refractivity contribution in [2.75, 3.05) is 0 Å². The molecule has 0 fully saturated rings. The Morgan fingerprint density at radius 2 is 2.14 bits per heavy atom. The second kappa shape index (κ2) is 3.63. The molecule has 0 saturated heterocycles. The summed E-state index contributed by atoms with van der Waals surface area (Å²) in [5, 5.41) is 10.1. The number of allylic oxidation sites excluding steroid dienone is 2. The first kappa shape index (κ1) is 11.1. The molecule has 0 aromatic carbocycles. The normalized spacial score (nSPS) is 34.1. The standard InChI is InChI=1S/C13H18O/c1-6-11(4)13(5)8-9(2)7-10(3)12(13)14/h1,7-8,11-12,14H,2-5H3/t11-,12?,13+/m1/s1. The van der Waals surface area contributed by atoms with Gasteiger partial charge in [0.25, 0.3) is 0 Å². The molecule has 1 N–H and O–H groups in total. The number of hydrogen-bond acceptors (Lipinski definition) is 1. The molecule has 3 atom stereocenters. The molecule has 1 aliphatic rings. The van der Waals surface area contributed by atoms with Crippen LogP contribution in [0.2, 0.25) is 0 Å². The zero-order valence-electron chi connectivity index (χ0n) is 9.33. The fraction of sp³-hybridized carbons (Fsp3) is 0.538. The van der Waals surface area contributed by atoms with E-state index < -0.39 is 6.10 Å². The van der Waals surface area contributed by atoms with E-state index in [1.807, 2.05) is 33.8 Å². The Bertz CT molecular complexity index is 330. The molecule has 0 spiro atoms. The minimum absolute atomic E-state index is 0.0381. The van der Waals surface area contributed by atoms with Crippen LogP contribution in [-0.4, -0.2) is 11.2 Å². The van der Waals surface area contributed by atoms with Gasteiger partial charge in [-0.15, -0.1) is 12.3 Å². The van der Waals surface area contributed by atoms with Crippen LogP contribution in [0.15, 0.2) is 23.3 Å². The molecule has 14 heavy (non-hydrogen) atoms. The number of aliphatic hydroxyl groups is 1. The quantitative estimate of drug-likeness (QED) is 0.630. The lowest BCUT2D eigenvalue weighted by atomic mass is 9.68. The molecule has 0 bridgehead atoms. The summed E-state index contributed by atoms with van der Waals surface area (Å²) in [5.74, 6) is 2.75. The first-order valence-electron chi connectivity index (χ1n) is 4.93. The zero-order chi connectivity index (χ0) is 10.9. The summed E-state index contributed by atoms with van der Waals surface area (Å²) in [6.07, 6.45) is 9.06. The molecule has 0 aromatic rings. The highest BCUT2D eigenvalue weighted by Crippen LogP contribution is 2.40. The van der Waals surface area contributed by atoms with Crippen molar-refractivity contribution >= 4 is 0 Å². The van der Waals surface area contributed by atoms with Crippen molar-refractivity contribution in [3.8, 4) is 12.3 Å². The minimum Gasteiger partial charge on any atom is -0.388 e. The summed E-state index contributed by atoms with van der Waals surface area (Å²) in [6, 6.07) is 0. The van der Waals surface area contributed by atoms with E-state index in [0.717, 1.165) is 5.57 Å². The highest BCUT2D eigenvalue weighted by atomic mass is 16.3. The number of terminal acetylenes is 1. The van der Waals surface area contributed by atoms with Crippen LogP contribution >= 0.6 is 0 Å². The van der Waals surface area contributed by atoms with Crippen molar-refractivity contribution in [2.24, 2.45) is 11.3 Å². The van der Waals surface area contributed by atoms with Crippen molar-refractivity contribution in [3.63, 3.8) is 0 Å². The lowest BCUT2D eigenvalue weighted by Crippen LogP contribution is -2.38. The Kier molecular flexibility index (Phi) is 2.87. The fourth-order valence-electron chi connectivity index (χ4n) is 2.08. The molecular weight excluding hydrogens is 172 g/mol. The lowest BCUT2D eigenvalue weighted by molar-refractivity contribution is 0.0763. The van der Waals surface area contributed by atoms with E-state index >= 15 is 0 Å². The molecule has 0 aromatic heterocycles. The average Bonchev–Trinajstić information content (AvgIpc) is 2.12. The van der Waals surface area contributed by atoms with Gasteiger partial charge in [0.15, 0.2) is 0 Å². The highest BCUT2D eigenvalue weighted by Gasteiger charge is 2.38. The lowest BCUT2D eigenvalue weighted by Gasteiger charge is -2.38. The van der Waals surface area contributed by atoms with Gasteiger partial charge >= 0.3 is 0 Å². The zero-order valence-corrected chi connectivity index (χ0v) is 9.33. The SMILES string of the molecule is C#C[C@@H](C)[C@]1(C)C=C(C)C=C(C)C1O. The van der Waals surface area contributed by atoms with Gasteiger partial charge < -0.3 is 5.11 Å². The van der Waals surface area contributed by atoms with Crippen LogP contribution in [-0.2, 0) is 0 Å². The third-order valence-corrected chi connectivity index (χ3v) is 3.20. The predicted octanol–water partition coefficient (Wildman–Crippen LogP) is 2.53. The topological polar surface area (TPSA) is 20.2 Å². The van der Waals surface area contributed by atoms with Crippen LogP contribution in [0.5, 0.6) is 0 Å². The van der Waals surface area contributed by atoms with Gasteiger partial charge in [-0.25, -0.2) is 0 Å². The van der Waals surface area contributed by atoms with Crippen molar-refractivity contribution in [1.29, 1.82) is 0 Å². The van der Waals surface area contributed by atoms with E-state index in [1.165, 1.54) is 5.57 Å². The van der Waals surface area contributed by atoms with Crippen molar-refractivity contribution in [1.82, 2.24) is 0 Å². The Labute approximate surface area is 86.5 Å². The molecule has 0 heterocycles. The second-order valence-corrected chi connectivity index (χ2v) is 4.43. The van der Waals surface area contributed by atoms with Crippen molar-refractivity contribution in [3.05, 3.63) is 23.3 Å². The highest BCUT2D eigenvalue weighted by molar-refractivity contribution is 5.34. The molecule has 0 aliphatic heterocycles.